The lowest BCUT2D eigenvalue weighted by molar-refractivity contribution is -0.143. The van der Waals surface area contributed by atoms with Crippen LogP contribution >= 0.6 is 0 Å². The van der Waals surface area contributed by atoms with E-state index in [1.807, 2.05) is 0 Å². The van der Waals surface area contributed by atoms with Crippen LogP contribution in [0.3, 0.4) is 0 Å². The van der Waals surface area contributed by atoms with Crippen molar-refractivity contribution in [1.82, 2.24) is 5.32 Å². The van der Waals surface area contributed by atoms with E-state index in [0.717, 1.165) is 44.9 Å². The minimum absolute atomic E-state index is 0.104. The van der Waals surface area contributed by atoms with Crippen molar-refractivity contribution >= 4 is 11.9 Å². The Kier molecular flexibility index (Phi) is 16.4. The number of nitrogens with one attached hydrogen (secondary N) is 1. The number of aliphatic carboxylic acids is 1. The molecule has 27 heavy (non-hydrogen) atoms. The van der Waals surface area contributed by atoms with Crippen molar-refractivity contribution in [3.05, 3.63) is 36.5 Å². The molecule has 0 aromatic heterocycles. The summed E-state index contributed by atoms with van der Waals surface area (Å²) in [6.45, 7) is 5.74. The Morgan fingerprint density at radius 3 is 2.00 bits per heavy atom. The van der Waals surface area contributed by atoms with Gasteiger partial charge < -0.3 is 10.4 Å². The summed E-state index contributed by atoms with van der Waals surface area (Å²) < 4.78 is 0. The zero-order valence-corrected chi connectivity index (χ0v) is 17.5. The van der Waals surface area contributed by atoms with Gasteiger partial charge in [0.1, 0.15) is 6.04 Å². The molecule has 4 nitrogen and oxygen atoms in total. The van der Waals surface area contributed by atoms with Crippen LogP contribution in [0.25, 0.3) is 0 Å². The maximum Gasteiger partial charge on any atom is 0.326 e. The highest BCUT2D eigenvalue weighted by atomic mass is 16.4. The van der Waals surface area contributed by atoms with Crippen LogP contribution in [-0.2, 0) is 9.59 Å². The van der Waals surface area contributed by atoms with Crippen molar-refractivity contribution in [1.29, 1.82) is 0 Å². The van der Waals surface area contributed by atoms with E-state index in [1.54, 1.807) is 13.8 Å². The molecule has 0 aliphatic carbocycles. The van der Waals surface area contributed by atoms with Gasteiger partial charge in [-0.25, -0.2) is 4.79 Å². The SMILES string of the molecule is CC/C=C\C/C=C\C/C=C\CCCCCCCC(=O)N[C@H](C(=O)O)C(C)C. The fraction of sp³-hybridized carbons (Fsp3) is 0.652. The molecule has 0 aliphatic heterocycles. The molecule has 0 aromatic carbocycles. The third kappa shape index (κ3) is 16.1. The summed E-state index contributed by atoms with van der Waals surface area (Å²) in [7, 11) is 0. The molecule has 0 spiro atoms. The maximum absolute atomic E-state index is 11.8. The van der Waals surface area contributed by atoms with Gasteiger partial charge >= 0.3 is 5.97 Å². The van der Waals surface area contributed by atoms with E-state index in [1.165, 1.54) is 12.8 Å². The number of carbonyl (C=O) groups is 2. The van der Waals surface area contributed by atoms with Crippen LogP contribution in [0.2, 0.25) is 0 Å². The molecule has 0 aromatic rings. The summed E-state index contributed by atoms with van der Waals surface area (Å²) >= 11 is 0. The van der Waals surface area contributed by atoms with Crippen LogP contribution in [0.5, 0.6) is 0 Å². The van der Waals surface area contributed by atoms with Crippen molar-refractivity contribution in [2.24, 2.45) is 5.92 Å². The van der Waals surface area contributed by atoms with Crippen LogP contribution in [0.15, 0.2) is 36.5 Å². The van der Waals surface area contributed by atoms with E-state index in [-0.39, 0.29) is 11.8 Å². The van der Waals surface area contributed by atoms with E-state index in [4.69, 9.17) is 5.11 Å². The number of rotatable bonds is 16. The first-order valence-corrected chi connectivity index (χ1v) is 10.5. The molecule has 0 radical (unpaired) electrons. The topological polar surface area (TPSA) is 66.4 Å². The quantitative estimate of drug-likeness (QED) is 0.264. The lowest BCUT2D eigenvalue weighted by Crippen LogP contribution is -2.44. The second-order valence-corrected chi connectivity index (χ2v) is 7.23. The molecule has 1 atom stereocenters. The molecular formula is C23H39NO3. The number of carbonyl (C=O) groups excluding carboxylic acids is 1. The lowest BCUT2D eigenvalue weighted by Gasteiger charge is -2.17. The Morgan fingerprint density at radius 2 is 1.41 bits per heavy atom. The van der Waals surface area contributed by atoms with Gasteiger partial charge in [0.2, 0.25) is 5.91 Å². The summed E-state index contributed by atoms with van der Waals surface area (Å²) in [5, 5.41) is 11.7. The molecular weight excluding hydrogens is 338 g/mol. The maximum atomic E-state index is 11.8. The van der Waals surface area contributed by atoms with Gasteiger partial charge in [0.15, 0.2) is 0 Å². The van der Waals surface area contributed by atoms with Crippen molar-refractivity contribution in [2.45, 2.75) is 91.0 Å². The van der Waals surface area contributed by atoms with Gasteiger partial charge in [-0.15, -0.1) is 0 Å². The number of carboxylic acids is 1. The Bertz CT molecular complexity index is 478. The van der Waals surface area contributed by atoms with Crippen LogP contribution < -0.4 is 5.32 Å². The normalized spacial score (nSPS) is 13.2. The Hall–Kier alpha value is -1.84. The number of allylic oxidation sites excluding steroid dienone is 6. The highest BCUT2D eigenvalue weighted by molar-refractivity contribution is 5.83. The molecule has 0 aliphatic rings. The van der Waals surface area contributed by atoms with Gasteiger partial charge in [0.05, 0.1) is 0 Å². The molecule has 0 bridgehead atoms. The fourth-order valence-corrected chi connectivity index (χ4v) is 2.66. The standard InChI is InChI=1S/C23H39NO3/c1-4-5-6-7-8-9-10-11-12-13-14-15-16-17-18-19-21(25)24-22(20(2)3)23(26)27/h5-6,8-9,11-12,20,22H,4,7,10,13-19H2,1-3H3,(H,24,25)(H,26,27)/b6-5-,9-8-,12-11-/t22-/m0/s1. The van der Waals surface area contributed by atoms with E-state index in [9.17, 15) is 9.59 Å². The van der Waals surface area contributed by atoms with Crippen molar-refractivity contribution in [3.8, 4) is 0 Å². The average Bonchev–Trinajstić information content (AvgIpc) is 2.62. The second-order valence-electron chi connectivity index (χ2n) is 7.23. The highest BCUT2D eigenvalue weighted by Crippen LogP contribution is 2.09. The lowest BCUT2D eigenvalue weighted by atomic mass is 10.0. The van der Waals surface area contributed by atoms with E-state index < -0.39 is 12.0 Å². The number of hydrogen-bond donors (Lipinski definition) is 2. The molecule has 0 rings (SSSR count). The molecule has 0 saturated heterocycles. The van der Waals surface area contributed by atoms with E-state index in [0.29, 0.717) is 6.42 Å². The summed E-state index contributed by atoms with van der Waals surface area (Å²) in [5.41, 5.74) is 0. The van der Waals surface area contributed by atoms with Gasteiger partial charge in [0, 0.05) is 6.42 Å². The number of carboxylic acid groups (broad SMARTS) is 1. The van der Waals surface area contributed by atoms with Crippen LogP contribution in [0.4, 0.5) is 0 Å². The predicted octanol–water partition coefficient (Wildman–Crippen LogP) is 5.80. The summed E-state index contributed by atoms with van der Waals surface area (Å²) in [4.78, 5) is 22.9. The molecule has 1 amide bonds. The third-order valence-corrected chi connectivity index (χ3v) is 4.30. The van der Waals surface area contributed by atoms with Gasteiger partial charge in [-0.05, 0) is 44.4 Å². The summed E-state index contributed by atoms with van der Waals surface area (Å²) in [6.07, 6.45) is 23.2. The Labute approximate surface area is 165 Å². The minimum atomic E-state index is -0.963. The van der Waals surface area contributed by atoms with Crippen molar-refractivity contribution < 1.29 is 14.7 Å². The zero-order valence-electron chi connectivity index (χ0n) is 17.5. The molecule has 0 unspecified atom stereocenters. The van der Waals surface area contributed by atoms with Gasteiger partial charge in [0.25, 0.3) is 0 Å². The minimum Gasteiger partial charge on any atom is -0.480 e. The first-order valence-electron chi connectivity index (χ1n) is 10.5. The van der Waals surface area contributed by atoms with Gasteiger partial charge in [-0.2, -0.15) is 0 Å². The number of hydrogen-bond acceptors (Lipinski definition) is 2. The zero-order chi connectivity index (χ0) is 20.3. The van der Waals surface area contributed by atoms with Crippen LogP contribution in [0.1, 0.15) is 85.0 Å². The molecule has 0 fully saturated rings. The molecule has 0 saturated carbocycles. The van der Waals surface area contributed by atoms with Crippen molar-refractivity contribution in [3.63, 3.8) is 0 Å². The first-order chi connectivity index (χ1) is 13.0. The number of unbranched alkanes of at least 4 members (excludes halogenated alkanes) is 5. The Balaban J connectivity index is 3.56. The smallest absolute Gasteiger partial charge is 0.326 e. The molecule has 154 valence electrons. The van der Waals surface area contributed by atoms with E-state index in [2.05, 4.69) is 48.7 Å². The largest absolute Gasteiger partial charge is 0.480 e. The Morgan fingerprint density at radius 1 is 0.852 bits per heavy atom. The average molecular weight is 378 g/mol. The molecule has 4 heteroatoms. The second kappa shape index (κ2) is 17.6. The van der Waals surface area contributed by atoms with E-state index >= 15 is 0 Å². The van der Waals surface area contributed by atoms with Crippen LogP contribution in [0, 0.1) is 5.92 Å². The van der Waals surface area contributed by atoms with Gasteiger partial charge in [-0.1, -0.05) is 76.5 Å². The molecule has 0 heterocycles. The molecule has 2 N–H and O–H groups in total. The monoisotopic (exact) mass is 377 g/mol. The fourth-order valence-electron chi connectivity index (χ4n) is 2.66. The number of amides is 1. The third-order valence-electron chi connectivity index (χ3n) is 4.30. The summed E-state index contributed by atoms with van der Waals surface area (Å²) in [6, 6.07) is -0.785. The first kappa shape index (κ1) is 25.2. The summed E-state index contributed by atoms with van der Waals surface area (Å²) in [5.74, 6) is -1.22. The van der Waals surface area contributed by atoms with Crippen LogP contribution in [-0.4, -0.2) is 23.0 Å². The predicted molar refractivity (Wildman–Crippen MR) is 114 cm³/mol. The van der Waals surface area contributed by atoms with Gasteiger partial charge in [-0.3, -0.25) is 4.79 Å². The van der Waals surface area contributed by atoms with Crippen molar-refractivity contribution in [2.75, 3.05) is 0 Å². The highest BCUT2D eigenvalue weighted by Gasteiger charge is 2.22.